The summed E-state index contributed by atoms with van der Waals surface area (Å²) in [7, 11) is 0. The number of hydrogen-bond acceptors (Lipinski definition) is 4. The molecule has 1 aromatic heterocycles. The van der Waals surface area contributed by atoms with Crippen LogP contribution in [-0.4, -0.2) is 33.3 Å². The largest absolute Gasteiger partial charge is 0.393 e. The van der Waals surface area contributed by atoms with Crippen LogP contribution < -0.4 is 5.32 Å². The normalized spacial score (nSPS) is 31.9. The monoisotopic (exact) mass is 406 g/mol. The van der Waals surface area contributed by atoms with Gasteiger partial charge in [0.05, 0.1) is 28.2 Å². The number of carbonyl (C=O) groups is 1. The summed E-state index contributed by atoms with van der Waals surface area (Å²) < 4.78 is 0. The summed E-state index contributed by atoms with van der Waals surface area (Å²) in [6.45, 7) is 1.88. The second kappa shape index (κ2) is 7.06. The zero-order chi connectivity index (χ0) is 19.3. The van der Waals surface area contributed by atoms with Crippen molar-refractivity contribution in [2.24, 2.45) is 17.8 Å². The summed E-state index contributed by atoms with van der Waals surface area (Å²) in [5.41, 5.74) is 2.27. The van der Waals surface area contributed by atoms with Gasteiger partial charge in [-0.05, 0) is 61.1 Å². The fourth-order valence-electron chi connectivity index (χ4n) is 4.40. The molecule has 0 aliphatic heterocycles. The number of amides is 1. The maximum atomic E-state index is 13.1. The number of rotatable bonds is 3. The Hall–Kier alpha value is -1.66. The van der Waals surface area contributed by atoms with Gasteiger partial charge in [-0.1, -0.05) is 23.2 Å². The smallest absolute Gasteiger partial charge is 0.230 e. The van der Waals surface area contributed by atoms with Crippen molar-refractivity contribution in [1.29, 1.82) is 0 Å². The molecule has 27 heavy (non-hydrogen) atoms. The SMILES string of the molecule is Cc1cc(C2C(C(=O)Nc3ccc(Cl)c(Cl)c3)C(O)CC3C(O)C32)ccn1. The molecule has 2 saturated carbocycles. The number of aryl methyl sites for hydroxylation is 1. The average Bonchev–Trinajstić information content (AvgIpc) is 3.26. The number of benzene rings is 1. The second-order valence-electron chi connectivity index (χ2n) is 7.44. The average molecular weight is 407 g/mol. The van der Waals surface area contributed by atoms with Gasteiger partial charge in [-0.15, -0.1) is 0 Å². The quantitative estimate of drug-likeness (QED) is 0.729. The minimum absolute atomic E-state index is 0.0280. The molecule has 6 unspecified atom stereocenters. The van der Waals surface area contributed by atoms with Crippen LogP contribution in [0, 0.1) is 24.7 Å². The molecule has 1 aromatic carbocycles. The zero-order valence-corrected chi connectivity index (χ0v) is 16.2. The molecular weight excluding hydrogens is 387 g/mol. The van der Waals surface area contributed by atoms with Crippen LogP contribution in [0.15, 0.2) is 36.5 Å². The number of anilines is 1. The van der Waals surface area contributed by atoms with Crippen LogP contribution in [0.2, 0.25) is 10.0 Å². The molecule has 0 radical (unpaired) electrons. The molecule has 4 rings (SSSR count). The number of nitrogens with zero attached hydrogens (tertiary/aromatic N) is 1. The van der Waals surface area contributed by atoms with E-state index in [0.717, 1.165) is 11.3 Å². The lowest BCUT2D eigenvalue weighted by atomic mass is 9.73. The lowest BCUT2D eigenvalue weighted by Crippen LogP contribution is -2.41. The van der Waals surface area contributed by atoms with Gasteiger partial charge in [0.2, 0.25) is 5.91 Å². The van der Waals surface area contributed by atoms with Crippen LogP contribution in [0.1, 0.15) is 23.6 Å². The van der Waals surface area contributed by atoms with E-state index in [4.69, 9.17) is 23.2 Å². The third kappa shape index (κ3) is 3.45. The van der Waals surface area contributed by atoms with Crippen molar-refractivity contribution in [2.45, 2.75) is 31.5 Å². The van der Waals surface area contributed by atoms with Crippen molar-refractivity contribution in [3.63, 3.8) is 0 Å². The Labute approximate surface area is 167 Å². The predicted molar refractivity (Wildman–Crippen MR) is 104 cm³/mol. The summed E-state index contributed by atoms with van der Waals surface area (Å²) in [5.74, 6) is -1.22. The number of pyridine rings is 1. The van der Waals surface area contributed by atoms with Gasteiger partial charge < -0.3 is 15.5 Å². The standard InChI is InChI=1S/C20H20Cl2N2O3/c1-9-6-10(4-5-23-9)16-17-12(19(17)26)8-15(25)18(16)20(27)24-11-2-3-13(21)14(22)7-11/h2-7,12,15-19,25-26H,8H2,1H3,(H,24,27). The molecule has 1 heterocycles. The Bertz CT molecular complexity index is 891. The van der Waals surface area contributed by atoms with Crippen molar-refractivity contribution >= 4 is 34.8 Å². The molecule has 7 heteroatoms. The van der Waals surface area contributed by atoms with Gasteiger partial charge in [-0.3, -0.25) is 9.78 Å². The van der Waals surface area contributed by atoms with E-state index >= 15 is 0 Å². The summed E-state index contributed by atoms with van der Waals surface area (Å²) in [4.78, 5) is 17.3. The molecule has 1 amide bonds. The molecule has 5 nitrogen and oxygen atoms in total. The molecule has 2 aliphatic carbocycles. The topological polar surface area (TPSA) is 82.5 Å². The number of aliphatic hydroxyl groups excluding tert-OH is 2. The molecule has 142 valence electrons. The predicted octanol–water partition coefficient (Wildman–Crippen LogP) is 3.41. The van der Waals surface area contributed by atoms with E-state index < -0.39 is 18.1 Å². The Morgan fingerprint density at radius 1 is 1.19 bits per heavy atom. The Morgan fingerprint density at radius 2 is 1.96 bits per heavy atom. The van der Waals surface area contributed by atoms with Gasteiger partial charge in [0, 0.05) is 23.5 Å². The molecule has 2 aromatic rings. The lowest BCUT2D eigenvalue weighted by molar-refractivity contribution is -0.126. The first-order chi connectivity index (χ1) is 12.9. The second-order valence-corrected chi connectivity index (χ2v) is 8.25. The summed E-state index contributed by atoms with van der Waals surface area (Å²) in [6.07, 6.45) is 0.806. The third-order valence-electron chi connectivity index (χ3n) is 5.71. The van der Waals surface area contributed by atoms with Gasteiger partial charge in [0.25, 0.3) is 0 Å². The highest BCUT2D eigenvalue weighted by atomic mass is 35.5. The van der Waals surface area contributed by atoms with Crippen molar-refractivity contribution in [2.75, 3.05) is 5.32 Å². The number of aromatic nitrogens is 1. The molecule has 2 aliphatic rings. The maximum absolute atomic E-state index is 13.1. The molecule has 0 spiro atoms. The Morgan fingerprint density at radius 3 is 2.67 bits per heavy atom. The minimum atomic E-state index is -0.829. The number of halogens is 2. The summed E-state index contributed by atoms with van der Waals surface area (Å²) in [5, 5.41) is 24.6. The first kappa shape index (κ1) is 18.7. The fourth-order valence-corrected chi connectivity index (χ4v) is 4.70. The van der Waals surface area contributed by atoms with Crippen molar-refractivity contribution in [3.8, 4) is 0 Å². The lowest BCUT2D eigenvalue weighted by Gasteiger charge is -2.34. The number of fused-ring (bicyclic) bond motifs is 1. The number of aliphatic hydroxyl groups is 2. The summed E-state index contributed by atoms with van der Waals surface area (Å²) in [6, 6.07) is 8.64. The first-order valence-electron chi connectivity index (χ1n) is 8.91. The molecule has 2 fully saturated rings. The van der Waals surface area contributed by atoms with E-state index in [0.29, 0.717) is 22.2 Å². The fraction of sp³-hybridized carbons (Fsp3) is 0.400. The highest BCUT2D eigenvalue weighted by Crippen LogP contribution is 2.59. The van der Waals surface area contributed by atoms with Gasteiger partial charge in [0.15, 0.2) is 0 Å². The maximum Gasteiger partial charge on any atom is 0.230 e. The molecule has 0 bridgehead atoms. The highest BCUT2D eigenvalue weighted by molar-refractivity contribution is 6.42. The van der Waals surface area contributed by atoms with E-state index in [1.54, 1.807) is 24.4 Å². The highest BCUT2D eigenvalue weighted by Gasteiger charge is 2.62. The Balaban J connectivity index is 1.65. The number of hydrogen-bond donors (Lipinski definition) is 3. The van der Waals surface area contributed by atoms with E-state index in [2.05, 4.69) is 10.3 Å². The molecule has 3 N–H and O–H groups in total. The van der Waals surface area contributed by atoms with E-state index in [9.17, 15) is 15.0 Å². The number of carbonyl (C=O) groups excluding carboxylic acids is 1. The van der Waals surface area contributed by atoms with Crippen LogP contribution in [0.4, 0.5) is 5.69 Å². The van der Waals surface area contributed by atoms with E-state index in [1.807, 2.05) is 19.1 Å². The van der Waals surface area contributed by atoms with Crippen LogP contribution in [-0.2, 0) is 4.79 Å². The third-order valence-corrected chi connectivity index (χ3v) is 6.45. The van der Waals surface area contributed by atoms with Crippen molar-refractivity contribution < 1.29 is 15.0 Å². The molecule has 6 atom stereocenters. The zero-order valence-electron chi connectivity index (χ0n) is 14.6. The van der Waals surface area contributed by atoms with Crippen LogP contribution in [0.25, 0.3) is 0 Å². The van der Waals surface area contributed by atoms with E-state index in [1.165, 1.54) is 0 Å². The first-order valence-corrected chi connectivity index (χ1v) is 9.67. The number of nitrogens with one attached hydrogen (secondary N) is 1. The van der Waals surface area contributed by atoms with E-state index in [-0.39, 0.29) is 23.7 Å². The van der Waals surface area contributed by atoms with Crippen molar-refractivity contribution in [1.82, 2.24) is 4.98 Å². The molecule has 0 saturated heterocycles. The van der Waals surface area contributed by atoms with Crippen LogP contribution in [0.3, 0.4) is 0 Å². The summed E-state index contributed by atoms with van der Waals surface area (Å²) >= 11 is 12.0. The van der Waals surface area contributed by atoms with Gasteiger partial charge in [0.1, 0.15) is 0 Å². The van der Waals surface area contributed by atoms with Crippen LogP contribution >= 0.6 is 23.2 Å². The minimum Gasteiger partial charge on any atom is -0.393 e. The Kier molecular flexibility index (Phi) is 4.89. The van der Waals surface area contributed by atoms with Crippen molar-refractivity contribution in [3.05, 3.63) is 57.8 Å². The van der Waals surface area contributed by atoms with Gasteiger partial charge in [-0.25, -0.2) is 0 Å². The van der Waals surface area contributed by atoms with Gasteiger partial charge >= 0.3 is 0 Å². The van der Waals surface area contributed by atoms with Gasteiger partial charge in [-0.2, -0.15) is 0 Å². The molecular formula is C20H20Cl2N2O3. The van der Waals surface area contributed by atoms with Crippen LogP contribution in [0.5, 0.6) is 0 Å².